The fourth-order valence-corrected chi connectivity index (χ4v) is 4.98. The monoisotopic (exact) mass is 406 g/mol. The van der Waals surface area contributed by atoms with Gasteiger partial charge < -0.3 is 0 Å². The molecular weight excluding hydrogens is 372 g/mol. The topological polar surface area (TPSA) is 0 Å². The van der Waals surface area contributed by atoms with Crippen molar-refractivity contribution in [1.82, 2.24) is 0 Å². The summed E-state index contributed by atoms with van der Waals surface area (Å²) in [6.07, 6.45) is 12.8. The smallest absolute Gasteiger partial charge is 0.00168 e. The molecule has 0 saturated carbocycles. The summed E-state index contributed by atoms with van der Waals surface area (Å²) in [5, 5.41) is 0. The molecule has 0 saturated heterocycles. The minimum absolute atomic E-state index is 0.198. The minimum Gasteiger partial charge on any atom is -0.0582 e. The number of fused-ring (bicyclic) bond motifs is 2. The second kappa shape index (κ2) is 6.95. The van der Waals surface area contributed by atoms with Gasteiger partial charge in [0.15, 0.2) is 0 Å². The van der Waals surface area contributed by atoms with E-state index in [-0.39, 0.29) is 10.8 Å². The molecule has 31 heavy (non-hydrogen) atoms. The van der Waals surface area contributed by atoms with E-state index in [2.05, 4.69) is 102 Å². The van der Waals surface area contributed by atoms with Gasteiger partial charge in [0.1, 0.15) is 0 Å². The second-order valence-corrected chi connectivity index (χ2v) is 11.6. The van der Waals surface area contributed by atoms with Crippen molar-refractivity contribution in [2.75, 3.05) is 0 Å². The summed E-state index contributed by atoms with van der Waals surface area (Å²) in [6.45, 7) is 13.8. The van der Waals surface area contributed by atoms with Gasteiger partial charge >= 0.3 is 0 Å². The Morgan fingerprint density at radius 3 is 1.32 bits per heavy atom. The molecule has 0 heteroatoms. The Labute approximate surface area is 188 Å². The molecule has 2 aromatic rings. The van der Waals surface area contributed by atoms with Gasteiger partial charge in [-0.05, 0) is 85.8 Å². The van der Waals surface area contributed by atoms with Gasteiger partial charge in [-0.1, -0.05) is 102 Å². The van der Waals surface area contributed by atoms with E-state index in [0.29, 0.717) is 0 Å². The summed E-state index contributed by atoms with van der Waals surface area (Å²) in [4.78, 5) is 0. The molecule has 0 aliphatic heterocycles. The Morgan fingerprint density at radius 2 is 0.935 bits per heavy atom. The van der Waals surface area contributed by atoms with E-state index < -0.39 is 0 Å². The van der Waals surface area contributed by atoms with Crippen LogP contribution in [0, 0.1) is 0 Å². The predicted molar refractivity (Wildman–Crippen MR) is 134 cm³/mol. The Hall–Kier alpha value is -2.60. The van der Waals surface area contributed by atoms with Crippen LogP contribution in [0.15, 0.2) is 70.8 Å². The molecule has 0 heterocycles. The summed E-state index contributed by atoms with van der Waals surface area (Å²) in [7, 11) is 0. The Kier molecular flexibility index (Phi) is 4.56. The molecule has 0 fully saturated rings. The molecule has 0 bridgehead atoms. The lowest BCUT2D eigenvalue weighted by Gasteiger charge is -2.19. The maximum absolute atomic E-state index is 2.43. The fraction of sp³-hybridized carbons (Fsp3) is 0.355. The molecule has 0 aromatic heterocycles. The zero-order valence-corrected chi connectivity index (χ0v) is 19.9. The predicted octanol–water partition coefficient (Wildman–Crippen LogP) is 8.12. The zero-order valence-electron chi connectivity index (χ0n) is 19.9. The van der Waals surface area contributed by atoms with Crippen molar-refractivity contribution in [2.45, 2.75) is 71.6 Å². The number of hydrogen-bond donors (Lipinski definition) is 0. The van der Waals surface area contributed by atoms with Crippen molar-refractivity contribution >= 4 is 12.2 Å². The van der Waals surface area contributed by atoms with E-state index in [9.17, 15) is 0 Å². The van der Waals surface area contributed by atoms with Gasteiger partial charge in [0.25, 0.3) is 0 Å². The molecule has 0 N–H and O–H groups in total. The van der Waals surface area contributed by atoms with Crippen LogP contribution in [-0.4, -0.2) is 0 Å². The zero-order chi connectivity index (χ0) is 22.0. The van der Waals surface area contributed by atoms with Crippen LogP contribution in [0.4, 0.5) is 0 Å². The van der Waals surface area contributed by atoms with Crippen molar-refractivity contribution in [3.63, 3.8) is 0 Å². The summed E-state index contributed by atoms with van der Waals surface area (Å²) < 4.78 is 0. The van der Waals surface area contributed by atoms with Crippen molar-refractivity contribution < 1.29 is 0 Å². The van der Waals surface area contributed by atoms with Crippen LogP contribution in [0.1, 0.15) is 81.3 Å². The van der Waals surface area contributed by atoms with Crippen LogP contribution >= 0.6 is 0 Å². The third-order valence-electron chi connectivity index (χ3n) is 7.14. The first-order valence-corrected chi connectivity index (χ1v) is 11.7. The average Bonchev–Trinajstić information content (AvgIpc) is 3.41. The van der Waals surface area contributed by atoms with Gasteiger partial charge in [-0.2, -0.15) is 0 Å². The Balaban J connectivity index is 1.32. The Morgan fingerprint density at radius 1 is 0.516 bits per heavy atom. The van der Waals surface area contributed by atoms with E-state index in [4.69, 9.17) is 0 Å². The molecule has 3 aliphatic rings. The first-order chi connectivity index (χ1) is 14.6. The maximum atomic E-state index is 2.43. The summed E-state index contributed by atoms with van der Waals surface area (Å²) in [6, 6.07) is 14.1. The number of rotatable bonds is 2. The molecule has 158 valence electrons. The quantitative estimate of drug-likeness (QED) is 0.472. The average molecular weight is 407 g/mol. The van der Waals surface area contributed by atoms with E-state index in [0.717, 1.165) is 19.3 Å². The van der Waals surface area contributed by atoms with Gasteiger partial charge in [-0.15, -0.1) is 0 Å². The lowest BCUT2D eigenvalue weighted by Crippen LogP contribution is -2.11. The van der Waals surface area contributed by atoms with Crippen molar-refractivity contribution in [1.29, 1.82) is 0 Å². The van der Waals surface area contributed by atoms with Gasteiger partial charge in [0.05, 0.1) is 0 Å². The fourth-order valence-electron chi connectivity index (χ4n) is 4.98. The lowest BCUT2D eigenvalue weighted by molar-refractivity contribution is 0.589. The normalized spacial score (nSPS) is 17.7. The Bertz CT molecular complexity index is 1100. The molecule has 0 spiro atoms. The number of allylic oxidation sites excluding steroid dienone is 6. The third-order valence-corrected chi connectivity index (χ3v) is 7.14. The van der Waals surface area contributed by atoms with Crippen LogP contribution in [-0.2, 0) is 23.7 Å². The van der Waals surface area contributed by atoms with Crippen LogP contribution in [0.25, 0.3) is 12.2 Å². The van der Waals surface area contributed by atoms with Gasteiger partial charge in [-0.3, -0.25) is 0 Å². The molecule has 0 atom stereocenters. The molecule has 0 amide bonds. The second-order valence-electron chi connectivity index (χ2n) is 11.6. The molecule has 0 nitrogen and oxygen atoms in total. The number of benzene rings is 2. The van der Waals surface area contributed by atoms with Crippen LogP contribution < -0.4 is 0 Å². The van der Waals surface area contributed by atoms with Crippen molar-refractivity contribution in [3.8, 4) is 0 Å². The molecule has 5 rings (SSSR count). The highest BCUT2D eigenvalue weighted by molar-refractivity contribution is 5.74. The molecule has 2 aromatic carbocycles. The van der Waals surface area contributed by atoms with Crippen molar-refractivity contribution in [3.05, 3.63) is 104 Å². The van der Waals surface area contributed by atoms with Gasteiger partial charge in [0, 0.05) is 0 Å². The number of hydrogen-bond acceptors (Lipinski definition) is 0. The highest BCUT2D eigenvalue weighted by Gasteiger charge is 2.24. The first kappa shape index (κ1) is 20.3. The van der Waals surface area contributed by atoms with E-state index >= 15 is 0 Å². The van der Waals surface area contributed by atoms with E-state index in [1.807, 2.05) is 0 Å². The first-order valence-electron chi connectivity index (χ1n) is 11.7. The summed E-state index contributed by atoms with van der Waals surface area (Å²) >= 11 is 0. The van der Waals surface area contributed by atoms with Crippen LogP contribution in [0.2, 0.25) is 0 Å². The maximum Gasteiger partial charge on any atom is -0.00168 e. The summed E-state index contributed by atoms with van der Waals surface area (Å²) in [5.41, 5.74) is 15.0. The highest BCUT2D eigenvalue weighted by atomic mass is 14.3. The highest BCUT2D eigenvalue weighted by Crippen LogP contribution is 2.41. The SMILES string of the molecule is CC(C)(C)c1ccc2c(c1)C=C(C1=CC=C(C3=Cc4cc(C(C)(C)C)ccc4C3)C1)C2. The van der Waals surface area contributed by atoms with E-state index in [1.54, 1.807) is 0 Å². The van der Waals surface area contributed by atoms with E-state index in [1.165, 1.54) is 55.7 Å². The standard InChI is InChI=1S/C31H34/c1-30(2,3)28-11-9-22-14-24(16-26(22)18-28)20-7-8-21(13-20)25-15-23-10-12-29(31(4,5)6)19-27(23)17-25/h7-12,16-19H,13-15H2,1-6H3. The van der Waals surface area contributed by atoms with Gasteiger partial charge in [0.2, 0.25) is 0 Å². The lowest BCUT2D eigenvalue weighted by atomic mass is 9.85. The molecular formula is C31H34. The molecule has 3 aliphatic carbocycles. The minimum atomic E-state index is 0.198. The largest absolute Gasteiger partial charge is 0.0582 e. The molecule has 0 unspecified atom stereocenters. The van der Waals surface area contributed by atoms with Crippen LogP contribution in [0.5, 0.6) is 0 Å². The molecule has 0 radical (unpaired) electrons. The summed E-state index contributed by atoms with van der Waals surface area (Å²) in [5.74, 6) is 0. The third kappa shape index (κ3) is 3.78. The van der Waals surface area contributed by atoms with Gasteiger partial charge in [-0.25, -0.2) is 0 Å². The van der Waals surface area contributed by atoms with Crippen molar-refractivity contribution in [2.24, 2.45) is 0 Å². The van der Waals surface area contributed by atoms with Crippen LogP contribution in [0.3, 0.4) is 0 Å².